The van der Waals surface area contributed by atoms with Crippen LogP contribution in [0.1, 0.15) is 79.6 Å². The summed E-state index contributed by atoms with van der Waals surface area (Å²) >= 11 is 1.34. The third-order valence-corrected chi connectivity index (χ3v) is 12.3. The van der Waals surface area contributed by atoms with Crippen molar-refractivity contribution in [3.8, 4) is 11.6 Å². The van der Waals surface area contributed by atoms with Crippen LogP contribution in [0.25, 0.3) is 11.0 Å². The highest BCUT2D eigenvalue weighted by atomic mass is 32.2. The Hall–Kier alpha value is -4.28. The van der Waals surface area contributed by atoms with Crippen molar-refractivity contribution in [1.29, 1.82) is 0 Å². The predicted octanol–water partition coefficient (Wildman–Crippen LogP) is 5.63. The molecule has 4 aliphatic rings. The fourth-order valence-electron chi connectivity index (χ4n) is 6.95. The summed E-state index contributed by atoms with van der Waals surface area (Å²) in [5.74, 6) is -1.69. The molecule has 55 heavy (non-hydrogen) atoms. The van der Waals surface area contributed by atoms with Crippen LogP contribution < -0.4 is 24.8 Å². The van der Waals surface area contributed by atoms with Crippen molar-refractivity contribution in [3.63, 3.8) is 0 Å². The van der Waals surface area contributed by atoms with Gasteiger partial charge in [0.05, 0.1) is 30.9 Å². The first-order valence-electron chi connectivity index (χ1n) is 18.7. The number of alkyl carbamates (subject to hydrolysis) is 1. The molecule has 2 aliphatic heterocycles. The lowest BCUT2D eigenvalue weighted by Gasteiger charge is -2.33. The molecule has 2 aromatic rings. The van der Waals surface area contributed by atoms with Gasteiger partial charge in [-0.15, -0.1) is 0 Å². The van der Waals surface area contributed by atoms with Crippen LogP contribution in [0.3, 0.4) is 0 Å². The smallest absolute Gasteiger partial charge is 0.427 e. The second-order valence-corrected chi connectivity index (χ2v) is 17.5. The predicted molar refractivity (Wildman–Crippen MR) is 198 cm³/mol. The Labute approximate surface area is 322 Å². The van der Waals surface area contributed by atoms with E-state index in [0.717, 1.165) is 26.7 Å². The lowest BCUT2D eigenvalue weighted by Crippen LogP contribution is -2.59. The Morgan fingerprint density at radius 3 is 2.53 bits per heavy atom. The van der Waals surface area contributed by atoms with Gasteiger partial charge in [-0.1, -0.05) is 32.4 Å². The van der Waals surface area contributed by atoms with Gasteiger partial charge in [0.1, 0.15) is 29.5 Å². The second kappa shape index (κ2) is 15.3. The first-order chi connectivity index (χ1) is 25.8. The molecule has 0 bridgehead atoms. The van der Waals surface area contributed by atoms with Crippen molar-refractivity contribution in [3.05, 3.63) is 36.5 Å². The normalized spacial score (nSPS) is 30.1. The first-order valence-corrected chi connectivity index (χ1v) is 19.5. The molecule has 1 aromatic heterocycles. The zero-order chi connectivity index (χ0) is 39.9. The molecule has 3 fully saturated rings. The SMILES string of the molecule is COc1ccc2ncc(O[C@@H]3C[C@H]4C(=O)N[C@]5(C(=O)NSC6(C)CC6)C[C@H]5/C=C\[C@H](C)CCC[C@@H](C)[C@H](NC(=O)OC(C)(C)C(F)(F)F)C(=O)N4C3)nc2c1. The summed E-state index contributed by atoms with van der Waals surface area (Å²) in [6.07, 6.45) is 2.39. The fourth-order valence-corrected chi connectivity index (χ4v) is 7.78. The zero-order valence-electron chi connectivity index (χ0n) is 31.8. The molecule has 17 heteroatoms. The van der Waals surface area contributed by atoms with Gasteiger partial charge in [-0.05, 0) is 88.8 Å². The Balaban J connectivity index is 1.31. The lowest BCUT2D eigenvalue weighted by molar-refractivity contribution is -0.244. The Kier molecular flexibility index (Phi) is 11.3. The van der Waals surface area contributed by atoms with E-state index in [1.807, 2.05) is 19.1 Å². The lowest BCUT2D eigenvalue weighted by atomic mass is 9.92. The number of ether oxygens (including phenoxy) is 3. The van der Waals surface area contributed by atoms with E-state index >= 15 is 0 Å². The highest BCUT2D eigenvalue weighted by molar-refractivity contribution is 7.99. The molecule has 0 radical (unpaired) electrons. The van der Waals surface area contributed by atoms with E-state index < -0.39 is 59.3 Å². The summed E-state index contributed by atoms with van der Waals surface area (Å²) < 4.78 is 60.3. The van der Waals surface area contributed by atoms with Gasteiger partial charge in [-0.25, -0.2) is 14.8 Å². The highest BCUT2D eigenvalue weighted by Crippen LogP contribution is 2.49. The molecule has 7 atom stereocenters. The van der Waals surface area contributed by atoms with Crippen LogP contribution in [0.2, 0.25) is 0 Å². The van der Waals surface area contributed by atoms with Crippen LogP contribution in [-0.2, 0) is 19.1 Å². The van der Waals surface area contributed by atoms with Gasteiger partial charge in [0.15, 0.2) is 0 Å². The van der Waals surface area contributed by atoms with Crippen molar-refractivity contribution < 1.29 is 46.6 Å². The molecule has 6 rings (SSSR count). The number of nitrogens with one attached hydrogen (secondary N) is 3. The molecule has 300 valence electrons. The van der Waals surface area contributed by atoms with E-state index in [1.54, 1.807) is 25.1 Å². The number of carbonyl (C=O) groups excluding carboxylic acids is 4. The maximum atomic E-state index is 14.6. The number of carbonyl (C=O) groups is 4. The standard InChI is InChI=1S/C38H49F3N6O7S/c1-21-8-7-9-22(2)30(44-34(51)54-35(3,4)38(39,40)41)32(49)47-20-25(53-29-19-42-26-13-12-24(52-6)16-27(26)43-29)17-28(47)31(48)45-37(18-23(37)11-10-21)33(50)46-55-36(5)14-15-36/h10-13,16,19,21-23,25,28,30H,7-9,14-15,17-18,20H2,1-6H3,(H,44,51)(H,45,48)(H,46,50)/b11-10-/t21-,22-,23-,25-,28+,30+,37-/m1/s1. The molecule has 2 saturated carbocycles. The van der Waals surface area contributed by atoms with E-state index in [0.29, 0.717) is 42.5 Å². The van der Waals surface area contributed by atoms with Gasteiger partial charge < -0.3 is 29.7 Å². The maximum absolute atomic E-state index is 14.6. The molecule has 13 nitrogen and oxygen atoms in total. The average molecular weight is 791 g/mol. The molecule has 2 aliphatic carbocycles. The van der Waals surface area contributed by atoms with Crippen LogP contribution >= 0.6 is 11.9 Å². The number of halogens is 3. The molecular formula is C38H49F3N6O7S. The molecule has 0 unspecified atom stereocenters. The summed E-state index contributed by atoms with van der Waals surface area (Å²) in [5, 5.41) is 5.40. The third kappa shape index (κ3) is 9.07. The van der Waals surface area contributed by atoms with Crippen molar-refractivity contribution in [2.45, 2.75) is 120 Å². The third-order valence-electron chi connectivity index (χ3n) is 11.1. The average Bonchev–Trinajstić information content (AvgIpc) is 3.99. The minimum absolute atomic E-state index is 0.00981. The van der Waals surface area contributed by atoms with Crippen molar-refractivity contribution in [1.82, 2.24) is 30.2 Å². The van der Waals surface area contributed by atoms with Crippen molar-refractivity contribution >= 4 is 46.8 Å². The first kappa shape index (κ1) is 40.4. The van der Waals surface area contributed by atoms with Crippen LogP contribution in [-0.4, -0.2) is 92.6 Å². The van der Waals surface area contributed by atoms with Gasteiger partial charge in [0, 0.05) is 23.2 Å². The molecule has 1 saturated heterocycles. The number of hydrogen-bond acceptors (Lipinski definition) is 10. The Bertz CT molecular complexity index is 1840. The van der Waals surface area contributed by atoms with Gasteiger partial charge in [0.2, 0.25) is 23.3 Å². The maximum Gasteiger partial charge on any atom is 0.427 e. The number of fused-ring (bicyclic) bond motifs is 3. The second-order valence-electron chi connectivity index (χ2n) is 16.1. The largest absolute Gasteiger partial charge is 0.497 e. The minimum Gasteiger partial charge on any atom is -0.497 e. The Morgan fingerprint density at radius 1 is 1.09 bits per heavy atom. The van der Waals surface area contributed by atoms with E-state index in [-0.39, 0.29) is 41.3 Å². The molecule has 3 N–H and O–H groups in total. The van der Waals surface area contributed by atoms with E-state index in [9.17, 15) is 32.3 Å². The topological polar surface area (TPSA) is 161 Å². The van der Waals surface area contributed by atoms with Crippen LogP contribution in [0.5, 0.6) is 11.6 Å². The van der Waals surface area contributed by atoms with Crippen LogP contribution in [0.15, 0.2) is 36.5 Å². The fraction of sp³-hybridized carbons (Fsp3) is 0.632. The van der Waals surface area contributed by atoms with E-state index in [4.69, 9.17) is 14.2 Å². The number of allylic oxidation sites excluding steroid dienone is 1. The van der Waals surface area contributed by atoms with Crippen molar-refractivity contribution in [2.75, 3.05) is 13.7 Å². The summed E-state index contributed by atoms with van der Waals surface area (Å²) in [5.41, 5.74) is -3.01. The summed E-state index contributed by atoms with van der Waals surface area (Å²) in [4.78, 5) is 66.1. The monoisotopic (exact) mass is 790 g/mol. The molecular weight excluding hydrogens is 742 g/mol. The van der Waals surface area contributed by atoms with Crippen molar-refractivity contribution in [2.24, 2.45) is 17.8 Å². The number of rotatable bonds is 8. The number of amides is 4. The molecule has 1 aromatic carbocycles. The zero-order valence-corrected chi connectivity index (χ0v) is 32.6. The number of hydrogen-bond donors (Lipinski definition) is 3. The van der Waals surface area contributed by atoms with Crippen LogP contribution in [0.4, 0.5) is 18.0 Å². The highest BCUT2D eigenvalue weighted by Gasteiger charge is 2.61. The minimum atomic E-state index is -4.87. The number of alkyl halides is 3. The summed E-state index contributed by atoms with van der Waals surface area (Å²) in [6, 6.07) is 2.66. The van der Waals surface area contributed by atoms with Crippen LogP contribution in [0, 0.1) is 17.8 Å². The molecule has 4 amide bonds. The van der Waals surface area contributed by atoms with Gasteiger partial charge in [0.25, 0.3) is 5.91 Å². The Morgan fingerprint density at radius 2 is 1.84 bits per heavy atom. The molecule has 3 heterocycles. The number of benzene rings is 1. The van der Waals surface area contributed by atoms with Gasteiger partial charge >= 0.3 is 12.3 Å². The van der Waals surface area contributed by atoms with E-state index in [1.165, 1.54) is 30.2 Å². The number of nitrogens with zero attached hydrogens (tertiary/aromatic N) is 3. The number of aromatic nitrogens is 2. The van der Waals surface area contributed by atoms with Gasteiger partial charge in [-0.3, -0.25) is 19.1 Å². The van der Waals surface area contributed by atoms with Gasteiger partial charge in [-0.2, -0.15) is 13.2 Å². The summed E-state index contributed by atoms with van der Waals surface area (Å²) in [7, 11) is 1.52. The summed E-state index contributed by atoms with van der Waals surface area (Å²) in [6.45, 7) is 7.12. The molecule has 0 spiro atoms. The van der Waals surface area contributed by atoms with E-state index in [2.05, 4.69) is 32.2 Å². The number of methoxy groups -OCH3 is 1. The quantitative estimate of drug-likeness (QED) is 0.226.